The van der Waals surface area contributed by atoms with E-state index in [1.54, 1.807) is 0 Å². The number of pyridine rings is 1. The number of carbonyl (C=O) groups is 1. The number of nitrogens with one attached hydrogen (secondary N) is 2. The van der Waals surface area contributed by atoms with Crippen LogP contribution in [0.1, 0.15) is 21.5 Å². The number of amides is 1. The summed E-state index contributed by atoms with van der Waals surface area (Å²) in [6.07, 6.45) is 1.81. The summed E-state index contributed by atoms with van der Waals surface area (Å²) in [6.45, 7) is 5.28. The molecule has 3 aromatic rings. The second kappa shape index (κ2) is 7.13. The molecule has 24 heavy (non-hydrogen) atoms. The van der Waals surface area contributed by atoms with Crippen molar-refractivity contribution in [2.45, 2.75) is 13.8 Å². The van der Waals surface area contributed by atoms with Crippen LogP contribution < -0.4 is 10.6 Å². The molecule has 0 aliphatic carbocycles. The van der Waals surface area contributed by atoms with Gasteiger partial charge in [-0.2, -0.15) is 0 Å². The molecular formula is C20H21N3O. The topological polar surface area (TPSA) is 54.0 Å². The zero-order chi connectivity index (χ0) is 16.9. The summed E-state index contributed by atoms with van der Waals surface area (Å²) in [6, 6.07) is 15.7. The molecule has 0 saturated carbocycles. The Hall–Kier alpha value is -2.88. The number of benzene rings is 2. The van der Waals surface area contributed by atoms with Crippen LogP contribution >= 0.6 is 0 Å². The Bertz CT molecular complexity index is 856. The van der Waals surface area contributed by atoms with Crippen molar-refractivity contribution in [3.63, 3.8) is 0 Å². The molecule has 2 aromatic carbocycles. The highest BCUT2D eigenvalue weighted by atomic mass is 16.1. The molecule has 0 atom stereocenters. The number of anilines is 1. The zero-order valence-corrected chi connectivity index (χ0v) is 14.0. The van der Waals surface area contributed by atoms with Gasteiger partial charge in [-0.3, -0.25) is 9.78 Å². The molecule has 1 amide bonds. The number of aromatic nitrogens is 1. The molecule has 0 saturated heterocycles. The van der Waals surface area contributed by atoms with Crippen molar-refractivity contribution in [2.24, 2.45) is 0 Å². The van der Waals surface area contributed by atoms with Gasteiger partial charge in [0.2, 0.25) is 0 Å². The molecule has 0 unspecified atom stereocenters. The van der Waals surface area contributed by atoms with Crippen LogP contribution in [0, 0.1) is 13.8 Å². The van der Waals surface area contributed by atoms with E-state index in [1.165, 1.54) is 0 Å². The monoisotopic (exact) mass is 319 g/mol. The maximum atomic E-state index is 12.1. The molecule has 0 aliphatic heterocycles. The van der Waals surface area contributed by atoms with Gasteiger partial charge < -0.3 is 10.6 Å². The van der Waals surface area contributed by atoms with E-state index in [0.717, 1.165) is 27.7 Å². The SMILES string of the molecule is Cc1ccc(C(=O)NCCNc2ccnc3c(C)cccc23)cc1. The number of para-hydroxylation sites is 1. The van der Waals surface area contributed by atoms with Gasteiger partial charge in [-0.1, -0.05) is 35.9 Å². The Balaban J connectivity index is 1.58. The first-order valence-electron chi connectivity index (χ1n) is 8.08. The van der Waals surface area contributed by atoms with Gasteiger partial charge >= 0.3 is 0 Å². The zero-order valence-electron chi connectivity index (χ0n) is 14.0. The van der Waals surface area contributed by atoms with Crippen molar-refractivity contribution < 1.29 is 4.79 Å². The fourth-order valence-corrected chi connectivity index (χ4v) is 2.66. The number of hydrogen-bond donors (Lipinski definition) is 2. The summed E-state index contributed by atoms with van der Waals surface area (Å²) in [5, 5.41) is 7.41. The van der Waals surface area contributed by atoms with Crippen molar-refractivity contribution >= 4 is 22.5 Å². The Kier molecular flexibility index (Phi) is 4.75. The van der Waals surface area contributed by atoms with E-state index in [2.05, 4.69) is 34.7 Å². The van der Waals surface area contributed by atoms with Gasteiger partial charge in [0.15, 0.2) is 0 Å². The van der Waals surface area contributed by atoms with Crippen molar-refractivity contribution in [3.05, 3.63) is 71.4 Å². The standard InChI is InChI=1S/C20H21N3O/c1-14-6-8-16(9-7-14)20(24)23-13-12-21-18-10-11-22-19-15(2)4-3-5-17(18)19/h3-11H,12-13H2,1-2H3,(H,21,22)(H,23,24). The lowest BCUT2D eigenvalue weighted by Crippen LogP contribution is -2.28. The molecule has 0 radical (unpaired) electrons. The quantitative estimate of drug-likeness (QED) is 0.705. The molecular weight excluding hydrogens is 298 g/mol. The molecule has 4 nitrogen and oxygen atoms in total. The van der Waals surface area contributed by atoms with Crippen LogP contribution in [0.15, 0.2) is 54.7 Å². The fraction of sp³-hybridized carbons (Fsp3) is 0.200. The minimum absolute atomic E-state index is 0.0489. The molecule has 4 heteroatoms. The molecule has 2 N–H and O–H groups in total. The molecule has 122 valence electrons. The summed E-state index contributed by atoms with van der Waals surface area (Å²) in [7, 11) is 0. The summed E-state index contributed by atoms with van der Waals surface area (Å²) in [5.74, 6) is -0.0489. The number of aryl methyl sites for hydroxylation is 2. The number of hydrogen-bond acceptors (Lipinski definition) is 3. The summed E-state index contributed by atoms with van der Waals surface area (Å²) >= 11 is 0. The highest BCUT2D eigenvalue weighted by Gasteiger charge is 2.05. The third-order valence-electron chi connectivity index (χ3n) is 4.01. The number of rotatable bonds is 5. The van der Waals surface area contributed by atoms with E-state index in [0.29, 0.717) is 18.7 Å². The predicted octanol–water partition coefficient (Wildman–Crippen LogP) is 3.69. The number of nitrogens with zero attached hydrogens (tertiary/aromatic N) is 1. The van der Waals surface area contributed by atoms with Gasteiger partial charge in [-0.15, -0.1) is 0 Å². The smallest absolute Gasteiger partial charge is 0.251 e. The van der Waals surface area contributed by atoms with Crippen molar-refractivity contribution in [2.75, 3.05) is 18.4 Å². The summed E-state index contributed by atoms with van der Waals surface area (Å²) < 4.78 is 0. The fourth-order valence-electron chi connectivity index (χ4n) is 2.66. The highest BCUT2D eigenvalue weighted by molar-refractivity contribution is 5.94. The van der Waals surface area contributed by atoms with Crippen LogP contribution in [0.5, 0.6) is 0 Å². The van der Waals surface area contributed by atoms with E-state index in [9.17, 15) is 4.79 Å². The molecule has 0 spiro atoms. The normalized spacial score (nSPS) is 10.6. The lowest BCUT2D eigenvalue weighted by atomic mass is 10.1. The van der Waals surface area contributed by atoms with E-state index < -0.39 is 0 Å². The van der Waals surface area contributed by atoms with Crippen molar-refractivity contribution in [3.8, 4) is 0 Å². The summed E-state index contributed by atoms with van der Waals surface area (Å²) in [5.41, 5.74) is 5.03. The first-order chi connectivity index (χ1) is 11.6. The average molecular weight is 319 g/mol. The highest BCUT2D eigenvalue weighted by Crippen LogP contribution is 2.23. The third-order valence-corrected chi connectivity index (χ3v) is 4.01. The van der Waals surface area contributed by atoms with Gasteiger partial charge in [0.25, 0.3) is 5.91 Å². The van der Waals surface area contributed by atoms with Crippen LogP contribution in [0.25, 0.3) is 10.9 Å². The maximum Gasteiger partial charge on any atom is 0.251 e. The Morgan fingerprint density at radius 2 is 1.79 bits per heavy atom. The molecule has 0 bridgehead atoms. The Morgan fingerprint density at radius 1 is 1.00 bits per heavy atom. The molecule has 1 aromatic heterocycles. The Labute approximate surface area is 141 Å². The third kappa shape index (κ3) is 3.54. The van der Waals surface area contributed by atoms with E-state index >= 15 is 0 Å². The largest absolute Gasteiger partial charge is 0.383 e. The van der Waals surface area contributed by atoms with E-state index in [4.69, 9.17) is 0 Å². The second-order valence-electron chi connectivity index (χ2n) is 5.88. The molecule has 0 fully saturated rings. The molecule has 3 rings (SSSR count). The minimum Gasteiger partial charge on any atom is -0.383 e. The van der Waals surface area contributed by atoms with Gasteiger partial charge in [0.1, 0.15) is 0 Å². The van der Waals surface area contributed by atoms with E-state index in [-0.39, 0.29) is 5.91 Å². The number of carbonyl (C=O) groups excluding carboxylic acids is 1. The molecule has 0 aliphatic rings. The van der Waals surface area contributed by atoms with Crippen LogP contribution in [0.3, 0.4) is 0 Å². The predicted molar refractivity (Wildman–Crippen MR) is 98.5 cm³/mol. The second-order valence-corrected chi connectivity index (χ2v) is 5.88. The lowest BCUT2D eigenvalue weighted by Gasteiger charge is -2.11. The van der Waals surface area contributed by atoms with Crippen molar-refractivity contribution in [1.82, 2.24) is 10.3 Å². The minimum atomic E-state index is -0.0489. The van der Waals surface area contributed by atoms with Crippen LogP contribution in [-0.4, -0.2) is 24.0 Å². The Morgan fingerprint density at radius 3 is 2.58 bits per heavy atom. The van der Waals surface area contributed by atoms with Gasteiger partial charge in [-0.25, -0.2) is 0 Å². The first kappa shape index (κ1) is 16.0. The van der Waals surface area contributed by atoms with Crippen LogP contribution in [0.2, 0.25) is 0 Å². The van der Waals surface area contributed by atoms with Gasteiger partial charge in [0.05, 0.1) is 5.52 Å². The number of fused-ring (bicyclic) bond motifs is 1. The average Bonchev–Trinajstić information content (AvgIpc) is 2.60. The summed E-state index contributed by atoms with van der Waals surface area (Å²) in [4.78, 5) is 16.5. The van der Waals surface area contributed by atoms with E-state index in [1.807, 2.05) is 49.5 Å². The molecule has 1 heterocycles. The first-order valence-corrected chi connectivity index (χ1v) is 8.08. The van der Waals surface area contributed by atoms with Gasteiger partial charge in [0, 0.05) is 35.9 Å². The maximum absolute atomic E-state index is 12.1. The van der Waals surface area contributed by atoms with Crippen LogP contribution in [0.4, 0.5) is 5.69 Å². The van der Waals surface area contributed by atoms with Crippen LogP contribution in [-0.2, 0) is 0 Å². The lowest BCUT2D eigenvalue weighted by molar-refractivity contribution is 0.0955. The van der Waals surface area contributed by atoms with Gasteiger partial charge in [-0.05, 0) is 37.6 Å². The van der Waals surface area contributed by atoms with Crippen molar-refractivity contribution in [1.29, 1.82) is 0 Å².